The molecule has 0 heterocycles. The molecular formula is C13H18ClN3O4. The van der Waals surface area contributed by atoms with Crippen molar-refractivity contribution in [3.63, 3.8) is 0 Å². The minimum Gasteiger partial charge on any atom is -0.490 e. The SMILES string of the molecule is COc1ccc(NC(=O)C2(N)CCCC2)cc1[N+](=O)[O-].Cl. The van der Waals surface area contributed by atoms with E-state index in [0.717, 1.165) is 12.8 Å². The van der Waals surface area contributed by atoms with Crippen molar-refractivity contribution in [3.8, 4) is 5.75 Å². The molecule has 0 bridgehead atoms. The first kappa shape index (κ1) is 17.2. The van der Waals surface area contributed by atoms with E-state index in [2.05, 4.69) is 5.32 Å². The molecule has 0 saturated heterocycles. The van der Waals surface area contributed by atoms with Crippen LogP contribution in [0.5, 0.6) is 5.75 Å². The van der Waals surface area contributed by atoms with Crippen molar-refractivity contribution in [1.82, 2.24) is 0 Å². The van der Waals surface area contributed by atoms with Crippen LogP contribution in [0.2, 0.25) is 0 Å². The normalized spacial score (nSPS) is 15.9. The summed E-state index contributed by atoms with van der Waals surface area (Å²) in [4.78, 5) is 22.5. The minimum atomic E-state index is -0.866. The Balaban J connectivity index is 0.00000220. The molecule has 7 nitrogen and oxygen atoms in total. The average Bonchev–Trinajstić information content (AvgIpc) is 2.87. The molecule has 3 N–H and O–H groups in total. The van der Waals surface area contributed by atoms with Gasteiger partial charge in [-0.2, -0.15) is 0 Å². The number of rotatable bonds is 4. The van der Waals surface area contributed by atoms with E-state index < -0.39 is 10.5 Å². The van der Waals surface area contributed by atoms with E-state index in [1.54, 1.807) is 6.07 Å². The molecule has 0 spiro atoms. The Bertz CT molecular complexity index is 544. The molecule has 116 valence electrons. The summed E-state index contributed by atoms with van der Waals surface area (Å²) < 4.78 is 4.91. The minimum absolute atomic E-state index is 0. The van der Waals surface area contributed by atoms with Gasteiger partial charge in [0.25, 0.3) is 0 Å². The maximum Gasteiger partial charge on any atom is 0.312 e. The summed E-state index contributed by atoms with van der Waals surface area (Å²) in [6, 6.07) is 4.28. The number of hydrogen-bond acceptors (Lipinski definition) is 5. The lowest BCUT2D eigenvalue weighted by Crippen LogP contribution is -2.48. The van der Waals surface area contributed by atoms with Gasteiger partial charge < -0.3 is 15.8 Å². The zero-order valence-corrected chi connectivity index (χ0v) is 12.4. The zero-order valence-electron chi connectivity index (χ0n) is 11.6. The highest BCUT2D eigenvalue weighted by Crippen LogP contribution is 2.32. The van der Waals surface area contributed by atoms with Gasteiger partial charge in [-0.3, -0.25) is 14.9 Å². The summed E-state index contributed by atoms with van der Waals surface area (Å²) in [6.07, 6.45) is 3.12. The van der Waals surface area contributed by atoms with Crippen LogP contribution in [0.15, 0.2) is 18.2 Å². The third-order valence-corrected chi connectivity index (χ3v) is 3.58. The molecule has 1 aromatic carbocycles. The van der Waals surface area contributed by atoms with Crippen molar-refractivity contribution in [2.75, 3.05) is 12.4 Å². The summed E-state index contributed by atoms with van der Waals surface area (Å²) >= 11 is 0. The molecule has 8 heteroatoms. The van der Waals surface area contributed by atoms with Crippen molar-refractivity contribution in [1.29, 1.82) is 0 Å². The quantitative estimate of drug-likeness (QED) is 0.654. The van der Waals surface area contributed by atoms with Gasteiger partial charge in [0, 0.05) is 11.8 Å². The number of benzene rings is 1. The summed E-state index contributed by atoms with van der Waals surface area (Å²) in [6.45, 7) is 0. The van der Waals surface area contributed by atoms with E-state index in [1.165, 1.54) is 19.2 Å². The molecule has 1 aliphatic rings. The van der Waals surface area contributed by atoms with E-state index in [1.807, 2.05) is 0 Å². The molecule has 0 radical (unpaired) electrons. The predicted octanol–water partition coefficient (Wildman–Crippen LogP) is 2.24. The predicted molar refractivity (Wildman–Crippen MR) is 80.9 cm³/mol. The molecule has 0 aromatic heterocycles. The third kappa shape index (κ3) is 3.62. The van der Waals surface area contributed by atoms with Gasteiger partial charge in [-0.1, -0.05) is 12.8 Å². The summed E-state index contributed by atoms with van der Waals surface area (Å²) in [5.41, 5.74) is 5.32. The number of carbonyl (C=O) groups excluding carboxylic acids is 1. The first-order chi connectivity index (χ1) is 9.46. The number of nitro benzene ring substituents is 1. The number of nitro groups is 1. The van der Waals surface area contributed by atoms with Crippen LogP contribution in [-0.4, -0.2) is 23.5 Å². The Morgan fingerprint density at radius 2 is 2.05 bits per heavy atom. The Morgan fingerprint density at radius 3 is 2.57 bits per heavy atom. The number of nitrogens with one attached hydrogen (secondary N) is 1. The molecular weight excluding hydrogens is 298 g/mol. The van der Waals surface area contributed by atoms with Gasteiger partial charge in [-0.05, 0) is 25.0 Å². The number of anilines is 1. The fraction of sp³-hybridized carbons (Fsp3) is 0.462. The fourth-order valence-corrected chi connectivity index (χ4v) is 2.40. The van der Waals surface area contributed by atoms with Crippen molar-refractivity contribution in [2.45, 2.75) is 31.2 Å². The van der Waals surface area contributed by atoms with Crippen LogP contribution < -0.4 is 15.8 Å². The van der Waals surface area contributed by atoms with Gasteiger partial charge in [-0.15, -0.1) is 12.4 Å². The largest absolute Gasteiger partial charge is 0.490 e. The van der Waals surface area contributed by atoms with Gasteiger partial charge in [0.2, 0.25) is 5.91 Å². The van der Waals surface area contributed by atoms with Crippen molar-refractivity contribution < 1.29 is 14.5 Å². The molecule has 1 saturated carbocycles. The number of nitrogens with zero attached hydrogens (tertiary/aromatic N) is 1. The highest BCUT2D eigenvalue weighted by atomic mass is 35.5. The number of carbonyl (C=O) groups is 1. The van der Waals surface area contributed by atoms with Crippen LogP contribution in [0, 0.1) is 10.1 Å². The highest BCUT2D eigenvalue weighted by molar-refractivity contribution is 5.98. The Hall–Kier alpha value is -1.86. The van der Waals surface area contributed by atoms with Crippen LogP contribution in [0.25, 0.3) is 0 Å². The number of methoxy groups -OCH3 is 1. The molecule has 21 heavy (non-hydrogen) atoms. The highest BCUT2D eigenvalue weighted by Gasteiger charge is 2.37. The van der Waals surface area contributed by atoms with Gasteiger partial charge in [0.1, 0.15) is 0 Å². The van der Waals surface area contributed by atoms with E-state index in [0.29, 0.717) is 18.5 Å². The van der Waals surface area contributed by atoms with Crippen LogP contribution in [-0.2, 0) is 4.79 Å². The molecule has 1 amide bonds. The van der Waals surface area contributed by atoms with E-state index in [9.17, 15) is 14.9 Å². The molecule has 1 aliphatic carbocycles. The van der Waals surface area contributed by atoms with Crippen LogP contribution >= 0.6 is 12.4 Å². The Labute approximate surface area is 128 Å². The van der Waals surface area contributed by atoms with Crippen molar-refractivity contribution in [2.24, 2.45) is 5.73 Å². The third-order valence-electron chi connectivity index (χ3n) is 3.58. The van der Waals surface area contributed by atoms with Gasteiger partial charge in [0.15, 0.2) is 5.75 Å². The van der Waals surface area contributed by atoms with Gasteiger partial charge >= 0.3 is 5.69 Å². The molecule has 0 aliphatic heterocycles. The fourth-order valence-electron chi connectivity index (χ4n) is 2.40. The Morgan fingerprint density at radius 1 is 1.43 bits per heavy atom. The topological polar surface area (TPSA) is 107 Å². The van der Waals surface area contributed by atoms with Crippen LogP contribution in [0.3, 0.4) is 0 Å². The maximum atomic E-state index is 12.1. The van der Waals surface area contributed by atoms with Gasteiger partial charge in [0.05, 0.1) is 17.6 Å². The number of hydrogen-bond donors (Lipinski definition) is 2. The van der Waals surface area contributed by atoms with E-state index in [-0.39, 0.29) is 29.8 Å². The lowest BCUT2D eigenvalue weighted by Gasteiger charge is -2.22. The first-order valence-electron chi connectivity index (χ1n) is 6.39. The van der Waals surface area contributed by atoms with E-state index in [4.69, 9.17) is 10.5 Å². The summed E-state index contributed by atoms with van der Waals surface area (Å²) in [5, 5.41) is 13.6. The molecule has 1 aromatic rings. The van der Waals surface area contributed by atoms with Crippen molar-refractivity contribution in [3.05, 3.63) is 28.3 Å². The first-order valence-corrected chi connectivity index (χ1v) is 6.39. The van der Waals surface area contributed by atoms with Gasteiger partial charge in [-0.25, -0.2) is 0 Å². The monoisotopic (exact) mass is 315 g/mol. The smallest absolute Gasteiger partial charge is 0.312 e. The van der Waals surface area contributed by atoms with E-state index >= 15 is 0 Å². The molecule has 1 fully saturated rings. The molecule has 0 atom stereocenters. The number of ether oxygens (including phenoxy) is 1. The molecule has 0 unspecified atom stereocenters. The number of nitrogens with two attached hydrogens (primary N) is 1. The van der Waals surface area contributed by atoms with Crippen molar-refractivity contribution >= 4 is 29.7 Å². The lowest BCUT2D eigenvalue weighted by molar-refractivity contribution is -0.385. The second-order valence-electron chi connectivity index (χ2n) is 4.96. The average molecular weight is 316 g/mol. The second-order valence-corrected chi connectivity index (χ2v) is 4.96. The molecule has 2 rings (SSSR count). The Kier molecular flexibility index (Phi) is 5.51. The van der Waals surface area contributed by atoms with Crippen LogP contribution in [0.1, 0.15) is 25.7 Å². The second kappa shape index (κ2) is 6.73. The number of halogens is 1. The lowest BCUT2D eigenvalue weighted by atomic mass is 9.98. The summed E-state index contributed by atoms with van der Waals surface area (Å²) in [5.74, 6) is -0.147. The zero-order chi connectivity index (χ0) is 14.8. The van der Waals surface area contributed by atoms with Crippen LogP contribution in [0.4, 0.5) is 11.4 Å². The maximum absolute atomic E-state index is 12.1. The standard InChI is InChI=1S/C13H17N3O4.ClH/c1-20-11-5-4-9(8-10(11)16(18)19)15-12(17)13(14)6-2-3-7-13;/h4-5,8H,2-3,6-7,14H2,1H3,(H,15,17);1H. The summed E-state index contributed by atoms with van der Waals surface area (Å²) in [7, 11) is 1.36. The number of amides is 1.